The van der Waals surface area contributed by atoms with E-state index in [9.17, 15) is 29.3 Å². The monoisotopic (exact) mass is 423 g/mol. The second kappa shape index (κ2) is 7.94. The predicted molar refractivity (Wildman–Crippen MR) is 105 cm³/mol. The quantitative estimate of drug-likeness (QED) is 0.399. The van der Waals surface area contributed by atoms with Crippen LogP contribution in [-0.2, 0) is 4.79 Å². The van der Waals surface area contributed by atoms with E-state index in [1.807, 2.05) is 0 Å². The van der Waals surface area contributed by atoms with Crippen LogP contribution in [0.3, 0.4) is 0 Å². The molecule has 1 saturated heterocycles. The maximum Gasteiger partial charge on any atom is 0.270 e. The molecule has 11 heteroatoms. The van der Waals surface area contributed by atoms with Gasteiger partial charge < -0.3 is 9.80 Å². The van der Waals surface area contributed by atoms with Gasteiger partial charge in [0.2, 0.25) is 5.91 Å². The van der Waals surface area contributed by atoms with E-state index in [-0.39, 0.29) is 35.8 Å². The Morgan fingerprint density at radius 3 is 2.32 bits per heavy atom. The molecule has 0 aliphatic carbocycles. The van der Waals surface area contributed by atoms with Gasteiger partial charge in [-0.1, -0.05) is 0 Å². The molecule has 11 nitrogen and oxygen atoms in total. The number of carbonyl (C=O) groups is 4. The zero-order valence-electron chi connectivity index (χ0n) is 16.3. The number of piperazine rings is 1. The summed E-state index contributed by atoms with van der Waals surface area (Å²) in [5.41, 5.74) is 0.110. The molecule has 0 saturated carbocycles. The molecule has 1 aromatic heterocycles. The number of rotatable bonds is 4. The van der Waals surface area contributed by atoms with Crippen LogP contribution >= 0.6 is 0 Å². The summed E-state index contributed by atoms with van der Waals surface area (Å²) >= 11 is 0. The molecule has 4 amide bonds. The molecular formula is C20H17N5O6. The van der Waals surface area contributed by atoms with Gasteiger partial charge in [-0.2, -0.15) is 0 Å². The standard InChI is InChI=1S/C20H17N5O6/c26-17(22-6-8-23(9-7-22)18(27)13-2-1-5-21-11-13)12-24-19(28)15-4-3-14(25(30)31)10-16(15)20(24)29/h1-5,10-11H,6-9,12H2. The summed E-state index contributed by atoms with van der Waals surface area (Å²) in [5, 5.41) is 10.9. The van der Waals surface area contributed by atoms with Crippen LogP contribution in [0.5, 0.6) is 0 Å². The van der Waals surface area contributed by atoms with E-state index in [0.717, 1.165) is 17.0 Å². The molecule has 1 aromatic carbocycles. The second-order valence-corrected chi connectivity index (χ2v) is 7.10. The van der Waals surface area contributed by atoms with E-state index in [1.54, 1.807) is 23.2 Å². The zero-order valence-corrected chi connectivity index (χ0v) is 16.3. The topological polar surface area (TPSA) is 134 Å². The van der Waals surface area contributed by atoms with Crippen molar-refractivity contribution in [1.29, 1.82) is 0 Å². The van der Waals surface area contributed by atoms with Crippen LogP contribution in [0.2, 0.25) is 0 Å². The summed E-state index contributed by atoms with van der Waals surface area (Å²) in [5.74, 6) is -2.00. The number of benzene rings is 1. The lowest BCUT2D eigenvalue weighted by atomic mass is 10.1. The normalized spacial score (nSPS) is 15.8. The fraction of sp³-hybridized carbons (Fsp3) is 0.250. The molecule has 0 radical (unpaired) electrons. The molecule has 2 aromatic rings. The highest BCUT2D eigenvalue weighted by Crippen LogP contribution is 2.26. The number of pyridine rings is 1. The van der Waals surface area contributed by atoms with Gasteiger partial charge in [0, 0.05) is 50.7 Å². The van der Waals surface area contributed by atoms with Gasteiger partial charge in [0.25, 0.3) is 23.4 Å². The van der Waals surface area contributed by atoms with Crippen molar-refractivity contribution in [1.82, 2.24) is 19.7 Å². The number of hydrogen-bond acceptors (Lipinski definition) is 7. The Morgan fingerprint density at radius 2 is 1.68 bits per heavy atom. The van der Waals surface area contributed by atoms with Crippen LogP contribution in [0.4, 0.5) is 5.69 Å². The van der Waals surface area contributed by atoms with Gasteiger partial charge in [-0.25, -0.2) is 0 Å². The summed E-state index contributed by atoms with van der Waals surface area (Å²) in [7, 11) is 0. The maximum atomic E-state index is 12.7. The van der Waals surface area contributed by atoms with E-state index < -0.39 is 29.2 Å². The zero-order chi connectivity index (χ0) is 22.1. The molecule has 0 bridgehead atoms. The fourth-order valence-electron chi connectivity index (χ4n) is 3.60. The van der Waals surface area contributed by atoms with Crippen LogP contribution in [0.15, 0.2) is 42.7 Å². The first-order chi connectivity index (χ1) is 14.9. The van der Waals surface area contributed by atoms with Crippen molar-refractivity contribution < 1.29 is 24.1 Å². The Labute approximate surface area is 176 Å². The molecular weight excluding hydrogens is 406 g/mol. The predicted octanol–water partition coefficient (Wildman–Crippen LogP) is 0.570. The highest BCUT2D eigenvalue weighted by Gasteiger charge is 2.39. The van der Waals surface area contributed by atoms with Crippen LogP contribution < -0.4 is 0 Å². The number of hydrogen-bond donors (Lipinski definition) is 0. The van der Waals surface area contributed by atoms with Crippen LogP contribution in [-0.4, -0.2) is 81.0 Å². The average Bonchev–Trinajstić information content (AvgIpc) is 3.03. The summed E-state index contributed by atoms with van der Waals surface area (Å²) in [6.45, 7) is 0.692. The van der Waals surface area contributed by atoms with Gasteiger partial charge in [0.05, 0.1) is 21.6 Å². The van der Waals surface area contributed by atoms with Crippen molar-refractivity contribution in [2.24, 2.45) is 0 Å². The van der Waals surface area contributed by atoms with E-state index in [1.165, 1.54) is 17.2 Å². The average molecular weight is 423 g/mol. The number of aromatic nitrogens is 1. The Bertz CT molecular complexity index is 1090. The van der Waals surface area contributed by atoms with Crippen molar-refractivity contribution in [2.75, 3.05) is 32.7 Å². The number of non-ortho nitro benzene ring substituents is 1. The highest BCUT2D eigenvalue weighted by molar-refractivity contribution is 6.22. The van der Waals surface area contributed by atoms with Crippen molar-refractivity contribution >= 4 is 29.3 Å². The molecule has 2 aliphatic rings. The first-order valence-electron chi connectivity index (χ1n) is 9.48. The van der Waals surface area contributed by atoms with E-state index in [4.69, 9.17) is 0 Å². The molecule has 2 aliphatic heterocycles. The first-order valence-corrected chi connectivity index (χ1v) is 9.48. The Morgan fingerprint density at radius 1 is 1.00 bits per heavy atom. The largest absolute Gasteiger partial charge is 0.338 e. The molecule has 4 rings (SSSR count). The number of nitrogens with zero attached hydrogens (tertiary/aromatic N) is 5. The summed E-state index contributed by atoms with van der Waals surface area (Å²) in [6, 6.07) is 6.75. The van der Waals surface area contributed by atoms with Gasteiger partial charge in [0.15, 0.2) is 0 Å². The summed E-state index contributed by atoms with van der Waals surface area (Å²) in [6.07, 6.45) is 3.05. The highest BCUT2D eigenvalue weighted by atomic mass is 16.6. The molecule has 0 N–H and O–H groups in total. The van der Waals surface area contributed by atoms with Crippen molar-refractivity contribution in [2.45, 2.75) is 0 Å². The molecule has 158 valence electrons. The molecule has 0 spiro atoms. The van der Waals surface area contributed by atoms with Gasteiger partial charge >= 0.3 is 0 Å². The van der Waals surface area contributed by atoms with Crippen molar-refractivity contribution in [3.63, 3.8) is 0 Å². The third kappa shape index (κ3) is 3.72. The Balaban J connectivity index is 1.38. The van der Waals surface area contributed by atoms with Crippen LogP contribution in [0, 0.1) is 10.1 Å². The van der Waals surface area contributed by atoms with Gasteiger partial charge in [-0.3, -0.25) is 39.2 Å². The van der Waals surface area contributed by atoms with Crippen molar-refractivity contribution in [3.05, 3.63) is 69.5 Å². The maximum absolute atomic E-state index is 12.7. The molecule has 1 fully saturated rings. The number of nitro benzene ring substituents is 1. The second-order valence-electron chi connectivity index (χ2n) is 7.10. The van der Waals surface area contributed by atoms with E-state index in [2.05, 4.69) is 4.98 Å². The molecule has 0 unspecified atom stereocenters. The smallest absolute Gasteiger partial charge is 0.270 e. The molecule has 3 heterocycles. The Kier molecular flexibility index (Phi) is 5.15. The third-order valence-corrected chi connectivity index (χ3v) is 5.29. The SMILES string of the molecule is O=C(CN1C(=O)c2ccc([N+](=O)[O-])cc2C1=O)N1CCN(C(=O)c2cccnc2)CC1. The minimum atomic E-state index is -0.734. The van der Waals surface area contributed by atoms with Gasteiger partial charge in [-0.05, 0) is 18.2 Å². The molecule has 0 atom stereocenters. The third-order valence-electron chi connectivity index (χ3n) is 5.29. The first kappa shape index (κ1) is 20.1. The summed E-state index contributed by atoms with van der Waals surface area (Å²) in [4.78, 5) is 68.3. The minimum absolute atomic E-state index is 0.0373. The Hall–Kier alpha value is -4.15. The van der Waals surface area contributed by atoms with Crippen LogP contribution in [0.1, 0.15) is 31.1 Å². The summed E-state index contributed by atoms with van der Waals surface area (Å²) < 4.78 is 0. The van der Waals surface area contributed by atoms with E-state index in [0.29, 0.717) is 18.7 Å². The lowest BCUT2D eigenvalue weighted by Crippen LogP contribution is -2.53. The van der Waals surface area contributed by atoms with Crippen molar-refractivity contribution in [3.8, 4) is 0 Å². The number of fused-ring (bicyclic) bond motifs is 1. The number of carbonyl (C=O) groups excluding carboxylic acids is 4. The van der Waals surface area contributed by atoms with E-state index >= 15 is 0 Å². The van der Waals surface area contributed by atoms with Gasteiger partial charge in [0.1, 0.15) is 6.54 Å². The van der Waals surface area contributed by atoms with Gasteiger partial charge in [-0.15, -0.1) is 0 Å². The number of imide groups is 1. The lowest BCUT2D eigenvalue weighted by molar-refractivity contribution is -0.384. The lowest BCUT2D eigenvalue weighted by Gasteiger charge is -2.35. The minimum Gasteiger partial charge on any atom is -0.338 e. The number of nitro groups is 1. The van der Waals surface area contributed by atoms with Crippen LogP contribution in [0.25, 0.3) is 0 Å². The number of amides is 4. The fourth-order valence-corrected chi connectivity index (χ4v) is 3.60. The molecule has 31 heavy (non-hydrogen) atoms.